The summed E-state index contributed by atoms with van der Waals surface area (Å²) in [5.74, 6) is 0.581. The summed E-state index contributed by atoms with van der Waals surface area (Å²) in [5, 5.41) is 14.3. The Balaban J connectivity index is 4.25. The fourth-order valence-corrected chi connectivity index (χ4v) is 1.31. The van der Waals surface area contributed by atoms with Crippen molar-refractivity contribution in [3.63, 3.8) is 0 Å². The molecule has 0 spiro atoms. The number of carbonyl (C=O) groups excluding carboxylic acids is 1. The second kappa shape index (κ2) is 7.09. The molecule has 4 N–H and O–H groups in total. The molecule has 94 valence electrons. The van der Waals surface area contributed by atoms with Crippen molar-refractivity contribution in [2.45, 2.75) is 46.6 Å². The molecule has 1 unspecified atom stereocenters. The highest BCUT2D eigenvalue weighted by molar-refractivity contribution is 5.90. The van der Waals surface area contributed by atoms with E-state index < -0.39 is 6.04 Å². The minimum atomic E-state index is -0.398. The molecule has 0 aromatic heterocycles. The lowest BCUT2D eigenvalue weighted by atomic mass is 10.0. The molecule has 0 heterocycles. The van der Waals surface area contributed by atoms with Gasteiger partial charge in [0, 0.05) is 6.42 Å². The molecule has 5 nitrogen and oxygen atoms in total. The Morgan fingerprint density at radius 2 is 1.94 bits per heavy atom. The Hall–Kier alpha value is -1.26. The summed E-state index contributed by atoms with van der Waals surface area (Å²) in [5.41, 5.74) is 5.51. The fourth-order valence-electron chi connectivity index (χ4n) is 1.31. The van der Waals surface area contributed by atoms with E-state index in [0.29, 0.717) is 12.3 Å². The maximum absolute atomic E-state index is 11.6. The van der Waals surface area contributed by atoms with Gasteiger partial charge in [-0.2, -0.15) is 0 Å². The van der Waals surface area contributed by atoms with Crippen LogP contribution in [0.4, 0.5) is 0 Å². The average Bonchev–Trinajstić information content (AvgIpc) is 2.21. The van der Waals surface area contributed by atoms with Crippen molar-refractivity contribution in [1.29, 1.82) is 0 Å². The standard InChI is InChI=1S/C11H23N3O2/c1-7(2)5-6-9(15)13-10(8(3)4)11(12)14-16/h7-8,10,16H,5-6H2,1-4H3,(H2,12,14)(H,13,15). The van der Waals surface area contributed by atoms with Gasteiger partial charge in [0.1, 0.15) is 0 Å². The molecule has 0 aromatic rings. The van der Waals surface area contributed by atoms with Crippen LogP contribution in [-0.4, -0.2) is 23.0 Å². The molecular weight excluding hydrogens is 206 g/mol. The van der Waals surface area contributed by atoms with Crippen molar-refractivity contribution in [2.24, 2.45) is 22.7 Å². The molecule has 5 heteroatoms. The number of carbonyl (C=O) groups is 1. The number of oxime groups is 1. The minimum Gasteiger partial charge on any atom is -0.409 e. The van der Waals surface area contributed by atoms with Gasteiger partial charge in [0.25, 0.3) is 0 Å². The zero-order valence-corrected chi connectivity index (χ0v) is 10.5. The predicted molar refractivity (Wildman–Crippen MR) is 64.2 cm³/mol. The van der Waals surface area contributed by atoms with Crippen LogP contribution in [0.3, 0.4) is 0 Å². The van der Waals surface area contributed by atoms with E-state index in [9.17, 15) is 4.79 Å². The number of rotatable bonds is 6. The molecule has 0 aliphatic heterocycles. The number of hydrogen-bond acceptors (Lipinski definition) is 3. The number of nitrogens with one attached hydrogen (secondary N) is 1. The first kappa shape index (κ1) is 14.7. The quantitative estimate of drug-likeness (QED) is 0.278. The van der Waals surface area contributed by atoms with Gasteiger partial charge >= 0.3 is 0 Å². The first-order chi connectivity index (χ1) is 7.38. The van der Waals surface area contributed by atoms with E-state index in [4.69, 9.17) is 10.9 Å². The van der Waals surface area contributed by atoms with Crippen molar-refractivity contribution in [3.05, 3.63) is 0 Å². The third kappa shape index (κ3) is 5.58. The number of nitrogens with two attached hydrogens (primary N) is 1. The minimum absolute atomic E-state index is 0.0490. The Morgan fingerprint density at radius 3 is 2.31 bits per heavy atom. The number of amides is 1. The fraction of sp³-hybridized carbons (Fsp3) is 0.818. The smallest absolute Gasteiger partial charge is 0.220 e. The van der Waals surface area contributed by atoms with Crippen LogP contribution in [0.2, 0.25) is 0 Å². The van der Waals surface area contributed by atoms with E-state index in [1.165, 1.54) is 0 Å². The lowest BCUT2D eigenvalue weighted by Crippen LogP contribution is -2.47. The van der Waals surface area contributed by atoms with Gasteiger partial charge in [0.05, 0.1) is 6.04 Å². The van der Waals surface area contributed by atoms with Crippen molar-refractivity contribution in [3.8, 4) is 0 Å². The Morgan fingerprint density at radius 1 is 1.38 bits per heavy atom. The van der Waals surface area contributed by atoms with Crippen molar-refractivity contribution >= 4 is 11.7 Å². The van der Waals surface area contributed by atoms with Gasteiger partial charge in [-0.25, -0.2) is 0 Å². The summed E-state index contributed by atoms with van der Waals surface area (Å²) in [6.07, 6.45) is 1.31. The van der Waals surface area contributed by atoms with Gasteiger partial charge in [0.15, 0.2) is 5.84 Å². The summed E-state index contributed by atoms with van der Waals surface area (Å²) in [6, 6.07) is -0.398. The van der Waals surface area contributed by atoms with Crippen LogP contribution in [-0.2, 0) is 4.79 Å². The zero-order chi connectivity index (χ0) is 12.7. The second-order valence-electron chi connectivity index (χ2n) is 4.75. The van der Waals surface area contributed by atoms with Crippen molar-refractivity contribution in [2.75, 3.05) is 0 Å². The third-order valence-electron chi connectivity index (χ3n) is 2.37. The highest BCUT2D eigenvalue weighted by Crippen LogP contribution is 2.06. The molecule has 0 rings (SSSR count). The SMILES string of the molecule is CC(C)CCC(=O)NC(C(N)=NO)C(C)C. The molecule has 0 bridgehead atoms. The number of hydrogen-bond donors (Lipinski definition) is 3. The molecule has 0 saturated heterocycles. The molecule has 0 saturated carbocycles. The van der Waals surface area contributed by atoms with E-state index >= 15 is 0 Å². The highest BCUT2D eigenvalue weighted by atomic mass is 16.4. The van der Waals surface area contributed by atoms with Crippen LogP contribution in [0.5, 0.6) is 0 Å². The second-order valence-corrected chi connectivity index (χ2v) is 4.75. The van der Waals surface area contributed by atoms with Crippen LogP contribution in [0.1, 0.15) is 40.5 Å². The van der Waals surface area contributed by atoms with Crippen LogP contribution in [0, 0.1) is 11.8 Å². The molecule has 0 radical (unpaired) electrons. The lowest BCUT2D eigenvalue weighted by molar-refractivity contribution is -0.121. The monoisotopic (exact) mass is 229 g/mol. The average molecular weight is 229 g/mol. The van der Waals surface area contributed by atoms with E-state index in [0.717, 1.165) is 6.42 Å². The molecule has 1 atom stereocenters. The molecule has 0 aliphatic carbocycles. The van der Waals surface area contributed by atoms with E-state index in [1.54, 1.807) is 0 Å². The number of nitrogens with zero attached hydrogens (tertiary/aromatic N) is 1. The van der Waals surface area contributed by atoms with E-state index in [1.807, 2.05) is 13.8 Å². The molecule has 0 aliphatic rings. The normalized spacial score (nSPS) is 14.2. The summed E-state index contributed by atoms with van der Waals surface area (Å²) >= 11 is 0. The van der Waals surface area contributed by atoms with Gasteiger partial charge in [-0.05, 0) is 18.3 Å². The first-order valence-corrected chi connectivity index (χ1v) is 5.65. The molecule has 0 fully saturated rings. The Kier molecular flexibility index (Phi) is 6.53. The summed E-state index contributed by atoms with van der Waals surface area (Å²) < 4.78 is 0. The van der Waals surface area contributed by atoms with Gasteiger partial charge in [-0.1, -0.05) is 32.9 Å². The lowest BCUT2D eigenvalue weighted by Gasteiger charge is -2.21. The van der Waals surface area contributed by atoms with Crippen LogP contribution < -0.4 is 11.1 Å². The summed E-state index contributed by atoms with van der Waals surface area (Å²) in [7, 11) is 0. The van der Waals surface area contributed by atoms with Gasteiger partial charge in [0.2, 0.25) is 5.91 Å². The van der Waals surface area contributed by atoms with Gasteiger partial charge in [-0.15, -0.1) is 0 Å². The van der Waals surface area contributed by atoms with Gasteiger partial charge < -0.3 is 16.3 Å². The van der Waals surface area contributed by atoms with Crippen molar-refractivity contribution in [1.82, 2.24) is 5.32 Å². The highest BCUT2D eigenvalue weighted by Gasteiger charge is 2.20. The molecule has 1 amide bonds. The maximum atomic E-state index is 11.6. The Bertz CT molecular complexity index is 250. The summed E-state index contributed by atoms with van der Waals surface area (Å²) in [4.78, 5) is 11.6. The van der Waals surface area contributed by atoms with Crippen LogP contribution >= 0.6 is 0 Å². The topological polar surface area (TPSA) is 87.7 Å². The predicted octanol–water partition coefficient (Wildman–Crippen LogP) is 1.31. The largest absolute Gasteiger partial charge is 0.409 e. The molecular formula is C11H23N3O2. The first-order valence-electron chi connectivity index (χ1n) is 5.65. The van der Waals surface area contributed by atoms with E-state index in [-0.39, 0.29) is 17.7 Å². The molecule has 0 aromatic carbocycles. The molecule has 16 heavy (non-hydrogen) atoms. The van der Waals surface area contributed by atoms with Crippen LogP contribution in [0.25, 0.3) is 0 Å². The zero-order valence-electron chi connectivity index (χ0n) is 10.5. The van der Waals surface area contributed by atoms with Crippen LogP contribution in [0.15, 0.2) is 5.16 Å². The maximum Gasteiger partial charge on any atom is 0.220 e. The third-order valence-corrected chi connectivity index (χ3v) is 2.37. The van der Waals surface area contributed by atoms with Gasteiger partial charge in [-0.3, -0.25) is 4.79 Å². The Labute approximate surface area is 97.1 Å². The number of amidine groups is 1. The summed E-state index contributed by atoms with van der Waals surface area (Å²) in [6.45, 7) is 7.95. The van der Waals surface area contributed by atoms with E-state index in [2.05, 4.69) is 24.3 Å². The van der Waals surface area contributed by atoms with Crippen molar-refractivity contribution < 1.29 is 10.0 Å².